The number of halogens is 6. The highest BCUT2D eigenvalue weighted by atomic mass is 35.6. The fourth-order valence-corrected chi connectivity index (χ4v) is 2.75. The van der Waals surface area contributed by atoms with Gasteiger partial charge in [-0.15, -0.1) is 0 Å². The van der Waals surface area contributed by atoms with Crippen molar-refractivity contribution in [1.82, 2.24) is 0 Å². The SMILES string of the molecule is O[C@@]12C[C@@H](C(Cl)(Cl)Cl)O[C@]1(O)C[C@@H](C(Cl)(Cl)Cl)O2. The molecule has 2 rings (SSSR count). The van der Waals surface area contributed by atoms with Crippen LogP contribution in [-0.2, 0) is 9.47 Å². The lowest BCUT2D eigenvalue weighted by Gasteiger charge is -2.27. The van der Waals surface area contributed by atoms with Crippen LogP contribution in [0, 0.1) is 0 Å². The number of hydrogen-bond donors (Lipinski definition) is 2. The van der Waals surface area contributed by atoms with Gasteiger partial charge in [0.05, 0.1) is 0 Å². The highest BCUT2D eigenvalue weighted by Gasteiger charge is 2.70. The van der Waals surface area contributed by atoms with Gasteiger partial charge >= 0.3 is 0 Å². The molecule has 0 saturated carbocycles. The maximum absolute atomic E-state index is 10.2. The summed E-state index contributed by atoms with van der Waals surface area (Å²) >= 11 is 33.9. The lowest BCUT2D eigenvalue weighted by Crippen LogP contribution is -2.46. The average molecular weight is 381 g/mol. The van der Waals surface area contributed by atoms with E-state index in [1.807, 2.05) is 0 Å². The van der Waals surface area contributed by atoms with Gasteiger partial charge in [-0.05, 0) is 0 Å². The van der Waals surface area contributed by atoms with E-state index in [2.05, 4.69) is 0 Å². The zero-order valence-corrected chi connectivity index (χ0v) is 13.1. The van der Waals surface area contributed by atoms with Gasteiger partial charge < -0.3 is 19.7 Å². The zero-order chi connectivity index (χ0) is 14.0. The molecule has 2 fully saturated rings. The largest absolute Gasteiger partial charge is 0.361 e. The Morgan fingerprint density at radius 3 is 1.28 bits per heavy atom. The normalized spacial score (nSPS) is 45.3. The Bertz CT molecular complexity index is 304. The maximum Gasteiger partial charge on any atom is 0.224 e. The first kappa shape index (κ1) is 16.0. The third kappa shape index (κ3) is 2.67. The standard InChI is InChI=1S/C8H8Cl6O4/c9-7(10,11)3-1-5(15)6(16,17-3)2-4(18-5)8(12,13)14/h3-4,15-16H,1-2H2/t3-,4-,5+,6+/m0/s1. The second-order valence-electron chi connectivity index (χ2n) is 4.27. The Morgan fingerprint density at radius 1 is 0.778 bits per heavy atom. The van der Waals surface area contributed by atoms with Crippen molar-refractivity contribution in [3.05, 3.63) is 0 Å². The van der Waals surface area contributed by atoms with Crippen molar-refractivity contribution < 1.29 is 19.7 Å². The van der Waals surface area contributed by atoms with Crippen LogP contribution in [0.25, 0.3) is 0 Å². The van der Waals surface area contributed by atoms with Gasteiger partial charge in [-0.3, -0.25) is 0 Å². The fraction of sp³-hybridized carbons (Fsp3) is 1.00. The summed E-state index contributed by atoms with van der Waals surface area (Å²) in [5, 5.41) is 20.4. The minimum Gasteiger partial charge on any atom is -0.361 e. The van der Waals surface area contributed by atoms with Crippen LogP contribution in [0.4, 0.5) is 0 Å². The van der Waals surface area contributed by atoms with Gasteiger partial charge in [0, 0.05) is 12.8 Å². The monoisotopic (exact) mass is 378 g/mol. The van der Waals surface area contributed by atoms with Crippen molar-refractivity contribution in [2.75, 3.05) is 0 Å². The lowest BCUT2D eigenvalue weighted by atomic mass is 10.0. The van der Waals surface area contributed by atoms with Crippen molar-refractivity contribution in [2.24, 2.45) is 0 Å². The van der Waals surface area contributed by atoms with Crippen LogP contribution in [0.1, 0.15) is 12.8 Å². The molecular formula is C8H8Cl6O4. The van der Waals surface area contributed by atoms with E-state index < -0.39 is 31.4 Å². The number of rotatable bonds is 0. The quantitative estimate of drug-likeness (QED) is 0.634. The highest BCUT2D eigenvalue weighted by Crippen LogP contribution is 2.56. The number of ether oxygens (including phenoxy) is 2. The molecule has 0 bridgehead atoms. The first-order valence-corrected chi connectivity index (χ1v) is 7.08. The predicted molar refractivity (Wildman–Crippen MR) is 69.5 cm³/mol. The summed E-state index contributed by atoms with van der Waals surface area (Å²) in [7, 11) is 0. The summed E-state index contributed by atoms with van der Waals surface area (Å²) < 4.78 is 6.73. The van der Waals surface area contributed by atoms with Crippen molar-refractivity contribution in [1.29, 1.82) is 0 Å². The molecule has 2 N–H and O–H groups in total. The summed E-state index contributed by atoms with van der Waals surface area (Å²) in [6.45, 7) is 0. The molecular weight excluding hydrogens is 373 g/mol. The van der Waals surface area contributed by atoms with Gasteiger partial charge in [0.25, 0.3) is 0 Å². The van der Waals surface area contributed by atoms with Gasteiger partial charge in [0.15, 0.2) is 0 Å². The van der Waals surface area contributed by atoms with Crippen molar-refractivity contribution in [2.45, 2.75) is 44.2 Å². The fourth-order valence-electron chi connectivity index (χ4n) is 2.02. The summed E-state index contributed by atoms with van der Waals surface area (Å²) in [5.74, 6) is -4.15. The minimum absolute atomic E-state index is 0.253. The molecule has 0 radical (unpaired) electrons. The minimum atomic E-state index is -2.07. The summed E-state index contributed by atoms with van der Waals surface area (Å²) in [5.41, 5.74) is 0. The summed E-state index contributed by atoms with van der Waals surface area (Å²) in [6, 6.07) is 0. The molecule has 106 valence electrons. The molecule has 18 heavy (non-hydrogen) atoms. The van der Waals surface area contributed by atoms with Crippen molar-refractivity contribution >= 4 is 69.6 Å². The molecule has 0 aromatic heterocycles. The zero-order valence-electron chi connectivity index (χ0n) is 8.55. The van der Waals surface area contributed by atoms with Crippen molar-refractivity contribution in [3.8, 4) is 0 Å². The average Bonchev–Trinajstić information content (AvgIpc) is 2.48. The second kappa shape index (κ2) is 4.54. The molecule has 0 aromatic rings. The molecule has 2 aliphatic heterocycles. The van der Waals surface area contributed by atoms with Gasteiger partial charge in [-0.25, -0.2) is 0 Å². The van der Waals surface area contributed by atoms with E-state index in [1.165, 1.54) is 0 Å². The Labute approximate surface area is 133 Å². The molecule has 2 aliphatic rings. The van der Waals surface area contributed by atoms with Crippen LogP contribution < -0.4 is 0 Å². The predicted octanol–water partition coefficient (Wildman–Crippen LogP) is 2.68. The first-order chi connectivity index (χ1) is 7.87. The Hall–Kier alpha value is 1.58. The van der Waals surface area contributed by atoms with Gasteiger partial charge in [0.1, 0.15) is 12.2 Å². The van der Waals surface area contributed by atoms with E-state index in [9.17, 15) is 10.2 Å². The van der Waals surface area contributed by atoms with Gasteiger partial charge in [0.2, 0.25) is 19.2 Å². The summed E-state index contributed by atoms with van der Waals surface area (Å²) in [6.07, 6.45) is -2.57. The van der Waals surface area contributed by atoms with Crippen LogP contribution in [0.3, 0.4) is 0 Å². The van der Waals surface area contributed by atoms with Crippen molar-refractivity contribution in [3.63, 3.8) is 0 Å². The third-order valence-electron chi connectivity index (χ3n) is 2.94. The van der Waals surface area contributed by atoms with E-state index in [1.54, 1.807) is 0 Å². The number of alkyl halides is 6. The molecule has 4 nitrogen and oxygen atoms in total. The Kier molecular flexibility index (Phi) is 4.02. The lowest BCUT2D eigenvalue weighted by molar-refractivity contribution is -0.308. The van der Waals surface area contributed by atoms with E-state index in [0.717, 1.165) is 0 Å². The maximum atomic E-state index is 10.2. The van der Waals surface area contributed by atoms with Crippen LogP contribution in [0.5, 0.6) is 0 Å². The molecule has 4 atom stereocenters. The Morgan fingerprint density at radius 2 is 1.06 bits per heavy atom. The molecule has 10 heteroatoms. The van der Waals surface area contributed by atoms with Crippen LogP contribution in [0.2, 0.25) is 0 Å². The molecule has 0 aliphatic carbocycles. The molecule has 2 saturated heterocycles. The molecule has 0 aromatic carbocycles. The summed E-state index contributed by atoms with van der Waals surface area (Å²) in [4.78, 5) is 0. The van der Waals surface area contributed by atoms with E-state index in [4.69, 9.17) is 79.1 Å². The molecule has 0 spiro atoms. The topological polar surface area (TPSA) is 58.9 Å². The number of aliphatic hydroxyl groups is 2. The van der Waals surface area contributed by atoms with Crippen LogP contribution in [0.15, 0.2) is 0 Å². The highest BCUT2D eigenvalue weighted by molar-refractivity contribution is 6.68. The molecule has 0 unspecified atom stereocenters. The van der Waals surface area contributed by atoms with Crippen LogP contribution in [-0.4, -0.2) is 41.6 Å². The van der Waals surface area contributed by atoms with E-state index in [-0.39, 0.29) is 12.8 Å². The van der Waals surface area contributed by atoms with Gasteiger partial charge in [-0.1, -0.05) is 69.6 Å². The molecule has 2 heterocycles. The smallest absolute Gasteiger partial charge is 0.224 e. The first-order valence-electron chi connectivity index (χ1n) is 4.81. The van der Waals surface area contributed by atoms with Gasteiger partial charge in [-0.2, -0.15) is 0 Å². The van der Waals surface area contributed by atoms with E-state index in [0.29, 0.717) is 0 Å². The van der Waals surface area contributed by atoms with E-state index >= 15 is 0 Å². The number of fused-ring (bicyclic) bond motifs is 1. The third-order valence-corrected chi connectivity index (χ3v) is 4.40. The number of hydrogen-bond acceptors (Lipinski definition) is 4. The molecule has 0 amide bonds. The Balaban J connectivity index is 2.21. The second-order valence-corrected chi connectivity index (χ2v) is 9.01. The van der Waals surface area contributed by atoms with Crippen LogP contribution >= 0.6 is 69.6 Å².